The molecule has 0 aliphatic carbocycles. The summed E-state index contributed by atoms with van der Waals surface area (Å²) in [7, 11) is 0. The number of nitrogens with one attached hydrogen (secondary N) is 1. The normalized spacial score (nSPS) is 14.3. The van der Waals surface area contributed by atoms with Gasteiger partial charge in [0, 0.05) is 12.2 Å². The van der Waals surface area contributed by atoms with Gasteiger partial charge < -0.3 is 9.64 Å². The first-order valence-corrected chi connectivity index (χ1v) is 10.6. The van der Waals surface area contributed by atoms with E-state index in [0.717, 1.165) is 30.8 Å². The number of carbonyl (C=O) groups excluding carboxylic acids is 1. The molecule has 0 saturated heterocycles. The minimum atomic E-state index is -0.275. The summed E-state index contributed by atoms with van der Waals surface area (Å²) in [6.45, 7) is 5.00. The number of aromatic amines is 1. The number of benzene rings is 2. The average Bonchev–Trinajstić information content (AvgIpc) is 3.19. The maximum absolute atomic E-state index is 13.0. The number of hydrogen-bond donors (Lipinski definition) is 1. The average molecular weight is 409 g/mol. The van der Waals surface area contributed by atoms with E-state index in [1.807, 2.05) is 61.2 Å². The quantitative estimate of drug-likeness (QED) is 0.621. The Hall–Kier alpha value is -2.80. The Morgan fingerprint density at radius 2 is 2.03 bits per heavy atom. The Bertz CT molecular complexity index is 986. The molecule has 0 spiro atoms. The van der Waals surface area contributed by atoms with Crippen LogP contribution in [0, 0.1) is 6.92 Å². The van der Waals surface area contributed by atoms with Gasteiger partial charge in [-0.3, -0.25) is 9.89 Å². The summed E-state index contributed by atoms with van der Waals surface area (Å²) in [6, 6.07) is 16.0. The number of fused-ring (bicyclic) bond motifs is 1. The van der Waals surface area contributed by atoms with Crippen LogP contribution in [0.25, 0.3) is 0 Å². The van der Waals surface area contributed by atoms with Gasteiger partial charge in [-0.15, -0.1) is 5.10 Å². The summed E-state index contributed by atoms with van der Waals surface area (Å²) in [5.74, 6) is 1.51. The predicted molar refractivity (Wildman–Crippen MR) is 114 cm³/mol. The molecule has 0 radical (unpaired) electrons. The molecule has 1 aliphatic rings. The molecule has 1 atom stereocenters. The molecule has 1 aliphatic heterocycles. The van der Waals surface area contributed by atoms with Crippen LogP contribution in [0.4, 0.5) is 5.69 Å². The molecule has 1 aromatic heterocycles. The van der Waals surface area contributed by atoms with E-state index in [-0.39, 0.29) is 11.2 Å². The minimum absolute atomic E-state index is 0.0874. The zero-order chi connectivity index (χ0) is 20.2. The van der Waals surface area contributed by atoms with Gasteiger partial charge in [-0.2, -0.15) is 0 Å². The highest BCUT2D eigenvalue weighted by Gasteiger charge is 2.27. The molecule has 7 heteroatoms. The second-order valence-corrected chi connectivity index (χ2v) is 8.46. The van der Waals surface area contributed by atoms with Crippen LogP contribution in [0.3, 0.4) is 0 Å². The van der Waals surface area contributed by atoms with Crippen molar-refractivity contribution in [1.29, 1.82) is 0 Å². The summed E-state index contributed by atoms with van der Waals surface area (Å²) in [4.78, 5) is 19.4. The smallest absolute Gasteiger partial charge is 0.240 e. The van der Waals surface area contributed by atoms with Crippen LogP contribution in [0.1, 0.15) is 30.3 Å². The van der Waals surface area contributed by atoms with Crippen molar-refractivity contribution in [3.8, 4) is 5.75 Å². The molecule has 29 heavy (non-hydrogen) atoms. The van der Waals surface area contributed by atoms with Crippen LogP contribution >= 0.6 is 11.8 Å². The van der Waals surface area contributed by atoms with Crippen molar-refractivity contribution in [2.45, 2.75) is 43.7 Å². The van der Waals surface area contributed by atoms with Crippen LogP contribution in [0.2, 0.25) is 0 Å². The van der Waals surface area contributed by atoms with Gasteiger partial charge in [0.25, 0.3) is 0 Å². The molecule has 1 N–H and O–H groups in total. The number of ether oxygens (including phenoxy) is 1. The van der Waals surface area contributed by atoms with Gasteiger partial charge in [-0.25, -0.2) is 4.98 Å². The Labute approximate surface area is 174 Å². The number of amides is 1. The number of aryl methyl sites for hydroxylation is 2. The first kappa shape index (κ1) is 19.5. The molecule has 1 amide bonds. The van der Waals surface area contributed by atoms with E-state index in [2.05, 4.69) is 21.2 Å². The van der Waals surface area contributed by atoms with Gasteiger partial charge >= 0.3 is 0 Å². The molecule has 0 fully saturated rings. The van der Waals surface area contributed by atoms with Gasteiger partial charge in [-0.1, -0.05) is 47.7 Å². The minimum Gasteiger partial charge on any atom is -0.486 e. The van der Waals surface area contributed by atoms with E-state index < -0.39 is 0 Å². The van der Waals surface area contributed by atoms with Gasteiger partial charge in [0.2, 0.25) is 11.1 Å². The molecule has 150 valence electrons. The van der Waals surface area contributed by atoms with E-state index in [9.17, 15) is 4.79 Å². The first-order valence-electron chi connectivity index (χ1n) is 9.77. The van der Waals surface area contributed by atoms with E-state index in [1.165, 1.54) is 22.9 Å². The van der Waals surface area contributed by atoms with Gasteiger partial charge in [0.15, 0.2) is 5.82 Å². The van der Waals surface area contributed by atoms with Crippen molar-refractivity contribution in [3.05, 3.63) is 65.5 Å². The molecular formula is C22H24N4O2S. The van der Waals surface area contributed by atoms with E-state index in [4.69, 9.17) is 4.74 Å². The number of nitrogens with zero attached hydrogens (tertiary/aromatic N) is 3. The van der Waals surface area contributed by atoms with Gasteiger partial charge in [0.1, 0.15) is 12.4 Å². The van der Waals surface area contributed by atoms with Crippen molar-refractivity contribution in [2.24, 2.45) is 0 Å². The van der Waals surface area contributed by atoms with E-state index >= 15 is 0 Å². The highest BCUT2D eigenvalue weighted by atomic mass is 32.2. The van der Waals surface area contributed by atoms with Gasteiger partial charge in [-0.05, 0) is 50.5 Å². The summed E-state index contributed by atoms with van der Waals surface area (Å²) in [5.41, 5.74) is 3.45. The fourth-order valence-electron chi connectivity index (χ4n) is 3.37. The predicted octanol–water partition coefficient (Wildman–Crippen LogP) is 4.15. The number of para-hydroxylation sites is 1. The molecular weight excluding hydrogens is 384 g/mol. The molecule has 0 bridgehead atoms. The third-order valence-electron chi connectivity index (χ3n) is 4.91. The number of thioether (sulfide) groups is 1. The third-order valence-corrected chi connectivity index (χ3v) is 5.86. The molecule has 0 unspecified atom stereocenters. The monoisotopic (exact) mass is 408 g/mol. The van der Waals surface area contributed by atoms with Crippen molar-refractivity contribution in [3.63, 3.8) is 0 Å². The second-order valence-electron chi connectivity index (χ2n) is 7.15. The van der Waals surface area contributed by atoms with Crippen LogP contribution < -0.4 is 9.64 Å². The van der Waals surface area contributed by atoms with Crippen LogP contribution in [-0.4, -0.2) is 32.9 Å². The van der Waals surface area contributed by atoms with Crippen molar-refractivity contribution >= 4 is 23.4 Å². The Morgan fingerprint density at radius 1 is 1.24 bits per heavy atom. The maximum atomic E-state index is 13.0. The van der Waals surface area contributed by atoms with Crippen LogP contribution in [-0.2, 0) is 17.8 Å². The van der Waals surface area contributed by atoms with Crippen molar-refractivity contribution < 1.29 is 9.53 Å². The van der Waals surface area contributed by atoms with Crippen molar-refractivity contribution in [1.82, 2.24) is 15.2 Å². The lowest BCUT2D eigenvalue weighted by molar-refractivity contribution is -0.117. The Morgan fingerprint density at radius 3 is 2.86 bits per heavy atom. The molecule has 4 rings (SSSR count). The third kappa shape index (κ3) is 4.62. The molecule has 6 nitrogen and oxygen atoms in total. The second kappa shape index (κ2) is 8.69. The number of carbonyl (C=O) groups is 1. The van der Waals surface area contributed by atoms with Crippen LogP contribution in [0.5, 0.6) is 5.75 Å². The fourth-order valence-corrected chi connectivity index (χ4v) is 4.18. The molecule has 0 saturated carbocycles. The number of hydrogen-bond acceptors (Lipinski definition) is 5. The number of aromatic nitrogens is 3. The zero-order valence-electron chi connectivity index (χ0n) is 16.6. The molecule has 3 aromatic rings. The number of rotatable bonds is 6. The summed E-state index contributed by atoms with van der Waals surface area (Å²) < 4.78 is 5.73. The largest absolute Gasteiger partial charge is 0.486 e. The highest BCUT2D eigenvalue weighted by molar-refractivity contribution is 8.00. The van der Waals surface area contributed by atoms with Gasteiger partial charge in [0.05, 0.1) is 5.25 Å². The standard InChI is InChI=1S/C22H24N4O2S/c1-15-9-11-18(12-10-15)28-14-20-23-22(25-24-20)29-16(2)21(27)26-13-5-7-17-6-3-4-8-19(17)26/h3-4,6,8-12,16H,5,7,13-14H2,1-2H3,(H,23,24,25)/t16-/m1/s1. The van der Waals surface area contributed by atoms with Crippen LogP contribution in [0.15, 0.2) is 53.7 Å². The zero-order valence-corrected chi connectivity index (χ0v) is 17.4. The Balaban J connectivity index is 1.36. The van der Waals surface area contributed by atoms with E-state index in [1.54, 1.807) is 0 Å². The Kier molecular flexibility index (Phi) is 5.85. The number of H-pyrrole nitrogens is 1. The molecule has 2 aromatic carbocycles. The fraction of sp³-hybridized carbons (Fsp3) is 0.318. The van der Waals surface area contributed by atoms with Crippen molar-refractivity contribution in [2.75, 3.05) is 11.4 Å². The van der Waals surface area contributed by atoms with E-state index in [0.29, 0.717) is 17.6 Å². The first-order chi connectivity index (χ1) is 14.1. The SMILES string of the molecule is Cc1ccc(OCc2nc(S[C@H](C)C(=O)N3CCCc4ccccc43)n[nH]2)cc1. The lowest BCUT2D eigenvalue weighted by Crippen LogP contribution is -2.40. The topological polar surface area (TPSA) is 71.1 Å². The number of anilines is 1. The lowest BCUT2D eigenvalue weighted by atomic mass is 10.0. The summed E-state index contributed by atoms with van der Waals surface area (Å²) >= 11 is 1.36. The lowest BCUT2D eigenvalue weighted by Gasteiger charge is -2.31. The molecule has 2 heterocycles. The summed E-state index contributed by atoms with van der Waals surface area (Å²) in [6.07, 6.45) is 2.01. The maximum Gasteiger partial charge on any atom is 0.240 e. The summed E-state index contributed by atoms with van der Waals surface area (Å²) in [5, 5.41) is 7.40. The highest BCUT2D eigenvalue weighted by Crippen LogP contribution is 2.30.